The van der Waals surface area contributed by atoms with Gasteiger partial charge in [0, 0.05) is 10.7 Å². The highest BCUT2D eigenvalue weighted by Crippen LogP contribution is 2.26. The van der Waals surface area contributed by atoms with Crippen LogP contribution in [0.25, 0.3) is 0 Å². The van der Waals surface area contributed by atoms with Crippen molar-refractivity contribution in [3.8, 4) is 11.5 Å². The number of carbonyl (C=O) groups is 2. The molecular formula is C17H16ClN3O4. The zero-order valence-corrected chi connectivity index (χ0v) is 14.3. The summed E-state index contributed by atoms with van der Waals surface area (Å²) in [6, 6.07) is 11.6. The summed E-state index contributed by atoms with van der Waals surface area (Å²) in [5, 5.41) is 6.61. The van der Waals surface area contributed by atoms with Crippen molar-refractivity contribution in [2.45, 2.75) is 0 Å². The maximum atomic E-state index is 11.8. The van der Waals surface area contributed by atoms with Crippen LogP contribution in [0.4, 0.5) is 5.69 Å². The van der Waals surface area contributed by atoms with Crippen LogP contribution in [-0.4, -0.2) is 32.2 Å². The Labute approximate surface area is 149 Å². The van der Waals surface area contributed by atoms with E-state index in [0.717, 1.165) is 0 Å². The second-order valence-corrected chi connectivity index (χ2v) is 5.21. The number of nitrogens with one attached hydrogen (secondary N) is 2. The van der Waals surface area contributed by atoms with Gasteiger partial charge < -0.3 is 14.8 Å². The molecule has 0 aromatic heterocycles. The van der Waals surface area contributed by atoms with Crippen LogP contribution < -0.4 is 20.2 Å². The largest absolute Gasteiger partial charge is 0.493 e. The van der Waals surface area contributed by atoms with Gasteiger partial charge in [0.15, 0.2) is 11.5 Å². The van der Waals surface area contributed by atoms with Gasteiger partial charge in [-0.3, -0.25) is 9.59 Å². The van der Waals surface area contributed by atoms with Crippen molar-refractivity contribution < 1.29 is 19.1 Å². The van der Waals surface area contributed by atoms with E-state index in [9.17, 15) is 9.59 Å². The molecule has 2 aromatic carbocycles. The van der Waals surface area contributed by atoms with Gasteiger partial charge in [-0.15, -0.1) is 0 Å². The molecule has 0 heterocycles. The Kier molecular flexibility index (Phi) is 6.36. The van der Waals surface area contributed by atoms with Gasteiger partial charge in [0.25, 0.3) is 0 Å². The van der Waals surface area contributed by atoms with Crippen molar-refractivity contribution in [2.75, 3.05) is 19.5 Å². The Morgan fingerprint density at radius 2 is 1.80 bits per heavy atom. The van der Waals surface area contributed by atoms with E-state index >= 15 is 0 Å². The van der Waals surface area contributed by atoms with Crippen LogP contribution in [-0.2, 0) is 9.59 Å². The summed E-state index contributed by atoms with van der Waals surface area (Å²) in [5.41, 5.74) is 3.22. The van der Waals surface area contributed by atoms with Crippen LogP contribution >= 0.6 is 11.6 Å². The average Bonchev–Trinajstić information content (AvgIpc) is 2.61. The second-order valence-electron chi connectivity index (χ2n) is 4.78. The first kappa shape index (κ1) is 18.3. The monoisotopic (exact) mass is 361 g/mol. The summed E-state index contributed by atoms with van der Waals surface area (Å²) in [6.07, 6.45) is 1.38. The van der Waals surface area contributed by atoms with Crippen molar-refractivity contribution >= 4 is 35.3 Å². The number of hydrazone groups is 1. The predicted octanol–water partition coefficient (Wildman–Crippen LogP) is 2.45. The van der Waals surface area contributed by atoms with E-state index in [0.29, 0.717) is 27.8 Å². The second kappa shape index (κ2) is 8.70. The molecule has 0 radical (unpaired) electrons. The Morgan fingerprint density at radius 3 is 2.48 bits per heavy atom. The molecule has 0 aliphatic rings. The normalized spacial score (nSPS) is 10.4. The van der Waals surface area contributed by atoms with E-state index in [2.05, 4.69) is 15.8 Å². The molecular weight excluding hydrogens is 346 g/mol. The van der Waals surface area contributed by atoms with Crippen molar-refractivity contribution in [3.05, 3.63) is 53.1 Å². The summed E-state index contributed by atoms with van der Waals surface area (Å²) in [4.78, 5) is 23.5. The standard InChI is InChI=1S/C17H16ClN3O4/c1-24-14-7-6-11(8-15(14)25-2)10-19-21-17(23)16(22)20-13-5-3-4-12(18)9-13/h3-10H,1-2H3,(H,20,22)(H,21,23)/b19-10+. The fourth-order valence-corrected chi connectivity index (χ4v) is 2.09. The van der Waals surface area contributed by atoms with Crippen LogP contribution in [0.1, 0.15) is 5.56 Å². The lowest BCUT2D eigenvalue weighted by molar-refractivity contribution is -0.136. The molecule has 0 aliphatic carbocycles. The van der Waals surface area contributed by atoms with E-state index in [4.69, 9.17) is 21.1 Å². The first-order valence-corrected chi connectivity index (χ1v) is 7.53. The molecule has 2 rings (SSSR count). The molecule has 25 heavy (non-hydrogen) atoms. The Bertz CT molecular complexity index is 808. The fourth-order valence-electron chi connectivity index (χ4n) is 1.90. The van der Waals surface area contributed by atoms with Crippen LogP contribution in [0, 0.1) is 0 Å². The zero-order valence-electron chi connectivity index (χ0n) is 13.6. The molecule has 0 bridgehead atoms. The molecule has 0 spiro atoms. The van der Waals surface area contributed by atoms with Gasteiger partial charge in [-0.25, -0.2) is 5.43 Å². The average molecular weight is 362 g/mol. The maximum Gasteiger partial charge on any atom is 0.329 e. The van der Waals surface area contributed by atoms with Gasteiger partial charge in [-0.1, -0.05) is 17.7 Å². The lowest BCUT2D eigenvalue weighted by Gasteiger charge is -2.07. The number of amides is 2. The van der Waals surface area contributed by atoms with Crippen LogP contribution in [0.3, 0.4) is 0 Å². The topological polar surface area (TPSA) is 89.0 Å². The van der Waals surface area contributed by atoms with E-state index < -0.39 is 11.8 Å². The predicted molar refractivity (Wildman–Crippen MR) is 95.4 cm³/mol. The maximum absolute atomic E-state index is 11.8. The molecule has 0 saturated carbocycles. The van der Waals surface area contributed by atoms with E-state index in [1.165, 1.54) is 26.5 Å². The number of methoxy groups -OCH3 is 2. The minimum Gasteiger partial charge on any atom is -0.493 e. The molecule has 0 unspecified atom stereocenters. The third-order valence-electron chi connectivity index (χ3n) is 3.08. The Hall–Kier alpha value is -3.06. The van der Waals surface area contributed by atoms with Crippen LogP contribution in [0.5, 0.6) is 11.5 Å². The van der Waals surface area contributed by atoms with Gasteiger partial charge in [0.1, 0.15) is 0 Å². The highest BCUT2D eigenvalue weighted by molar-refractivity contribution is 6.39. The van der Waals surface area contributed by atoms with E-state index in [1.807, 2.05) is 0 Å². The molecule has 0 aliphatic heterocycles. The summed E-state index contributed by atoms with van der Waals surface area (Å²) in [5.74, 6) is -0.663. The SMILES string of the molecule is COc1ccc(/C=N/NC(=O)C(=O)Nc2cccc(Cl)c2)cc1OC. The molecule has 0 saturated heterocycles. The molecule has 2 amide bonds. The van der Waals surface area contributed by atoms with Gasteiger partial charge in [-0.2, -0.15) is 5.10 Å². The highest BCUT2D eigenvalue weighted by atomic mass is 35.5. The van der Waals surface area contributed by atoms with Gasteiger partial charge in [0.2, 0.25) is 0 Å². The molecule has 2 N–H and O–H groups in total. The number of hydrogen-bond donors (Lipinski definition) is 2. The molecule has 7 nitrogen and oxygen atoms in total. The van der Waals surface area contributed by atoms with E-state index in [1.54, 1.807) is 36.4 Å². The number of halogens is 1. The summed E-state index contributed by atoms with van der Waals surface area (Å²) >= 11 is 5.81. The number of ether oxygens (including phenoxy) is 2. The van der Waals surface area contributed by atoms with Crippen molar-refractivity contribution in [3.63, 3.8) is 0 Å². The first-order chi connectivity index (χ1) is 12.0. The van der Waals surface area contributed by atoms with Crippen molar-refractivity contribution in [1.29, 1.82) is 0 Å². The molecule has 8 heteroatoms. The number of rotatable bonds is 5. The summed E-state index contributed by atoms with van der Waals surface area (Å²) in [6.45, 7) is 0. The van der Waals surface area contributed by atoms with Gasteiger partial charge >= 0.3 is 11.8 Å². The van der Waals surface area contributed by atoms with Crippen molar-refractivity contribution in [2.24, 2.45) is 5.10 Å². The third kappa shape index (κ3) is 5.22. The number of anilines is 1. The Balaban J connectivity index is 1.94. The Morgan fingerprint density at radius 1 is 1.04 bits per heavy atom. The lowest BCUT2D eigenvalue weighted by atomic mass is 10.2. The first-order valence-electron chi connectivity index (χ1n) is 7.15. The van der Waals surface area contributed by atoms with Crippen LogP contribution in [0.2, 0.25) is 5.02 Å². The van der Waals surface area contributed by atoms with Crippen LogP contribution in [0.15, 0.2) is 47.6 Å². The van der Waals surface area contributed by atoms with Gasteiger partial charge in [0.05, 0.1) is 20.4 Å². The van der Waals surface area contributed by atoms with E-state index in [-0.39, 0.29) is 0 Å². The molecule has 0 fully saturated rings. The summed E-state index contributed by atoms with van der Waals surface area (Å²) in [7, 11) is 3.05. The lowest BCUT2D eigenvalue weighted by Crippen LogP contribution is -2.32. The molecule has 0 atom stereocenters. The molecule has 130 valence electrons. The number of hydrogen-bond acceptors (Lipinski definition) is 5. The minimum atomic E-state index is -0.906. The molecule has 2 aromatic rings. The fraction of sp³-hybridized carbons (Fsp3) is 0.118. The zero-order chi connectivity index (χ0) is 18.2. The minimum absolute atomic E-state index is 0.413. The number of nitrogens with zero attached hydrogens (tertiary/aromatic N) is 1. The third-order valence-corrected chi connectivity index (χ3v) is 3.31. The highest BCUT2D eigenvalue weighted by Gasteiger charge is 2.13. The number of benzene rings is 2. The summed E-state index contributed by atoms with van der Waals surface area (Å²) < 4.78 is 10.3. The number of carbonyl (C=O) groups excluding carboxylic acids is 2. The smallest absolute Gasteiger partial charge is 0.329 e. The van der Waals surface area contributed by atoms with Crippen molar-refractivity contribution in [1.82, 2.24) is 5.43 Å². The van der Waals surface area contributed by atoms with Gasteiger partial charge in [-0.05, 0) is 42.0 Å². The quantitative estimate of drug-likeness (QED) is 0.486.